The third kappa shape index (κ3) is 5.12. The maximum atomic E-state index is 14.9. The predicted molar refractivity (Wildman–Crippen MR) is 122 cm³/mol. The van der Waals surface area contributed by atoms with Gasteiger partial charge in [-0.05, 0) is 31.0 Å². The van der Waals surface area contributed by atoms with Gasteiger partial charge in [0.2, 0.25) is 0 Å². The zero-order valence-corrected chi connectivity index (χ0v) is 19.3. The van der Waals surface area contributed by atoms with Crippen molar-refractivity contribution in [2.24, 2.45) is 10.3 Å². The lowest BCUT2D eigenvalue weighted by molar-refractivity contribution is 0.143. The molecule has 4 rings (SSSR count). The second kappa shape index (κ2) is 9.18. The van der Waals surface area contributed by atoms with E-state index in [4.69, 9.17) is 17.0 Å². The molecule has 0 radical (unpaired) electrons. The van der Waals surface area contributed by atoms with Crippen molar-refractivity contribution in [3.05, 3.63) is 24.0 Å². The Kier molecular flexibility index (Phi) is 6.52. The Labute approximate surface area is 191 Å². The molecule has 1 saturated carbocycles. The summed E-state index contributed by atoms with van der Waals surface area (Å²) in [5, 5.41) is 3.15. The molecule has 1 aromatic carbocycles. The fraction of sp³-hybridized carbons (Fsp3) is 0.550. The number of anilines is 2. The molecule has 3 aliphatic rings. The SMILES string of the molecule is COC(=O)N=S1(=O)CCN(c2ccc(N3C[C@H](CNC(=S)C4CC4)OC3=O)cc2F)CC1. The van der Waals surface area contributed by atoms with Crippen LogP contribution in [0.3, 0.4) is 0 Å². The lowest BCUT2D eigenvalue weighted by atomic mass is 10.2. The van der Waals surface area contributed by atoms with Crippen molar-refractivity contribution in [1.82, 2.24) is 5.32 Å². The second-order valence-corrected chi connectivity index (χ2v) is 11.0. The summed E-state index contributed by atoms with van der Waals surface area (Å²) < 4.78 is 41.0. The smallest absolute Gasteiger partial charge is 0.441 e. The van der Waals surface area contributed by atoms with Gasteiger partial charge in [-0.1, -0.05) is 12.2 Å². The van der Waals surface area contributed by atoms with Crippen LogP contribution in [0.1, 0.15) is 12.8 Å². The average molecular weight is 485 g/mol. The Balaban J connectivity index is 1.38. The van der Waals surface area contributed by atoms with Crippen LogP contribution in [-0.4, -0.2) is 72.3 Å². The zero-order valence-electron chi connectivity index (χ0n) is 17.6. The molecule has 9 nitrogen and oxygen atoms in total. The molecule has 0 bridgehead atoms. The molecule has 2 heterocycles. The first-order valence-electron chi connectivity index (χ1n) is 10.4. The molecule has 0 unspecified atom stereocenters. The zero-order chi connectivity index (χ0) is 22.9. The largest absolute Gasteiger partial charge is 0.451 e. The summed E-state index contributed by atoms with van der Waals surface area (Å²) in [6.07, 6.45) is 0.447. The minimum absolute atomic E-state index is 0.138. The molecule has 32 heavy (non-hydrogen) atoms. The Morgan fingerprint density at radius 1 is 1.38 bits per heavy atom. The minimum atomic E-state index is -2.70. The van der Waals surface area contributed by atoms with Gasteiger partial charge in [-0.3, -0.25) is 4.90 Å². The van der Waals surface area contributed by atoms with Crippen molar-refractivity contribution in [3.63, 3.8) is 0 Å². The Bertz CT molecular complexity index is 1040. The normalized spacial score (nSPS) is 22.3. The summed E-state index contributed by atoms with van der Waals surface area (Å²) >= 11 is 5.30. The standard InChI is InChI=1S/C20H25FN4O5S2/c1-29-19(26)23-32(28)8-6-24(7-9-32)17-5-4-14(10-16(17)21)25-12-15(30-20(25)27)11-22-18(31)13-2-3-13/h4-5,10,13,15H,2-3,6-9,11-12H2,1H3,(H,22,31)/t15-/m0/s1. The highest BCUT2D eigenvalue weighted by Crippen LogP contribution is 2.31. The number of hydrogen-bond donors (Lipinski definition) is 1. The molecule has 174 valence electrons. The first-order valence-corrected chi connectivity index (χ1v) is 12.6. The molecule has 2 amide bonds. The van der Waals surface area contributed by atoms with Crippen LogP contribution in [0.4, 0.5) is 25.4 Å². The van der Waals surface area contributed by atoms with E-state index in [2.05, 4.69) is 14.4 Å². The molecule has 0 aromatic heterocycles. The van der Waals surface area contributed by atoms with Crippen molar-refractivity contribution < 1.29 is 27.7 Å². The highest BCUT2D eigenvalue weighted by atomic mass is 32.2. The van der Waals surface area contributed by atoms with E-state index in [-0.39, 0.29) is 30.7 Å². The summed E-state index contributed by atoms with van der Waals surface area (Å²) in [7, 11) is -1.52. The topological polar surface area (TPSA) is 101 Å². The number of halogens is 1. The van der Waals surface area contributed by atoms with E-state index in [9.17, 15) is 18.2 Å². The molecule has 1 N–H and O–H groups in total. The van der Waals surface area contributed by atoms with E-state index in [0.717, 1.165) is 17.8 Å². The van der Waals surface area contributed by atoms with Crippen LogP contribution in [0.2, 0.25) is 0 Å². The Morgan fingerprint density at radius 2 is 2.09 bits per heavy atom. The number of rotatable bonds is 5. The quantitative estimate of drug-likeness (QED) is 0.637. The van der Waals surface area contributed by atoms with E-state index in [1.54, 1.807) is 17.0 Å². The molecule has 1 atom stereocenters. The minimum Gasteiger partial charge on any atom is -0.451 e. The summed E-state index contributed by atoms with van der Waals surface area (Å²) in [5.74, 6) is 0.223. The molecular weight excluding hydrogens is 459 g/mol. The van der Waals surface area contributed by atoms with Gasteiger partial charge in [0.1, 0.15) is 11.9 Å². The molecule has 1 aromatic rings. The van der Waals surface area contributed by atoms with E-state index in [1.807, 2.05) is 0 Å². The molecule has 2 aliphatic heterocycles. The number of carbonyl (C=O) groups is 2. The van der Waals surface area contributed by atoms with Crippen molar-refractivity contribution in [3.8, 4) is 0 Å². The highest BCUT2D eigenvalue weighted by molar-refractivity contribution is 7.94. The van der Waals surface area contributed by atoms with E-state index >= 15 is 0 Å². The summed E-state index contributed by atoms with van der Waals surface area (Å²) in [5.41, 5.74) is 0.749. The van der Waals surface area contributed by atoms with Gasteiger partial charge in [-0.15, -0.1) is 4.36 Å². The van der Waals surface area contributed by atoms with Crippen LogP contribution in [0.25, 0.3) is 0 Å². The maximum Gasteiger partial charge on any atom is 0.441 e. The highest BCUT2D eigenvalue weighted by Gasteiger charge is 2.34. The van der Waals surface area contributed by atoms with Gasteiger partial charge < -0.3 is 19.7 Å². The number of cyclic esters (lactones) is 1. The summed E-state index contributed by atoms with van der Waals surface area (Å²) in [6.45, 7) is 1.31. The predicted octanol–water partition coefficient (Wildman–Crippen LogP) is 2.53. The van der Waals surface area contributed by atoms with Crippen molar-refractivity contribution in [2.45, 2.75) is 18.9 Å². The third-order valence-corrected chi connectivity index (χ3v) is 8.29. The number of methoxy groups -OCH3 is 1. The van der Waals surface area contributed by atoms with Crippen LogP contribution in [-0.2, 0) is 19.2 Å². The molecule has 1 aliphatic carbocycles. The lowest BCUT2D eigenvalue weighted by Crippen LogP contribution is -2.41. The Morgan fingerprint density at radius 3 is 2.72 bits per heavy atom. The summed E-state index contributed by atoms with van der Waals surface area (Å²) in [4.78, 5) is 27.6. The number of thiocarbonyl (C=S) groups is 1. The maximum absolute atomic E-state index is 14.9. The van der Waals surface area contributed by atoms with Crippen molar-refractivity contribution in [1.29, 1.82) is 0 Å². The van der Waals surface area contributed by atoms with Gasteiger partial charge in [0, 0.05) is 30.5 Å². The number of hydrogen-bond acceptors (Lipinski definition) is 7. The van der Waals surface area contributed by atoms with E-state index in [1.165, 1.54) is 18.1 Å². The van der Waals surface area contributed by atoms with Gasteiger partial charge in [0.15, 0.2) is 0 Å². The van der Waals surface area contributed by atoms with Crippen LogP contribution in [0.5, 0.6) is 0 Å². The van der Waals surface area contributed by atoms with E-state index in [0.29, 0.717) is 30.4 Å². The van der Waals surface area contributed by atoms with E-state index < -0.39 is 27.7 Å². The van der Waals surface area contributed by atoms with Gasteiger partial charge in [0.05, 0.1) is 46.3 Å². The van der Waals surface area contributed by atoms with Gasteiger partial charge in [0.25, 0.3) is 0 Å². The van der Waals surface area contributed by atoms with Crippen LogP contribution < -0.4 is 15.1 Å². The Hall–Kier alpha value is -2.47. The first kappa shape index (κ1) is 22.7. The number of benzene rings is 1. The molecule has 3 fully saturated rings. The van der Waals surface area contributed by atoms with Crippen LogP contribution in [0.15, 0.2) is 22.6 Å². The second-order valence-electron chi connectivity index (χ2n) is 8.00. The van der Waals surface area contributed by atoms with Crippen LogP contribution in [0, 0.1) is 11.7 Å². The molecule has 12 heteroatoms. The average Bonchev–Trinajstić information content (AvgIpc) is 3.55. The summed E-state index contributed by atoms with van der Waals surface area (Å²) in [6, 6.07) is 4.55. The van der Waals surface area contributed by atoms with Crippen molar-refractivity contribution in [2.75, 3.05) is 54.6 Å². The van der Waals surface area contributed by atoms with Crippen LogP contribution >= 0.6 is 12.2 Å². The number of nitrogens with one attached hydrogen (secondary N) is 1. The lowest BCUT2D eigenvalue weighted by Gasteiger charge is -2.31. The molecule has 2 saturated heterocycles. The number of ether oxygens (including phenoxy) is 2. The molecular formula is C20H25FN4O5S2. The van der Waals surface area contributed by atoms with Crippen molar-refractivity contribution >= 4 is 50.5 Å². The monoisotopic (exact) mass is 484 g/mol. The van der Waals surface area contributed by atoms with Gasteiger partial charge >= 0.3 is 12.2 Å². The fourth-order valence-electron chi connectivity index (χ4n) is 3.69. The van der Waals surface area contributed by atoms with Gasteiger partial charge in [-0.25, -0.2) is 18.2 Å². The number of amides is 2. The fourth-order valence-corrected chi connectivity index (χ4v) is 5.75. The third-order valence-electron chi connectivity index (χ3n) is 5.69. The first-order chi connectivity index (χ1) is 15.3. The van der Waals surface area contributed by atoms with Gasteiger partial charge in [-0.2, -0.15) is 0 Å². The molecule has 0 spiro atoms. The number of carbonyl (C=O) groups excluding carboxylic acids is 2. The number of nitrogens with zero attached hydrogens (tertiary/aromatic N) is 3.